The fourth-order valence-corrected chi connectivity index (χ4v) is 2.59. The minimum absolute atomic E-state index is 0.0379. The van der Waals surface area contributed by atoms with Gasteiger partial charge in [0.25, 0.3) is 0 Å². The van der Waals surface area contributed by atoms with Gasteiger partial charge < -0.3 is 0 Å². The van der Waals surface area contributed by atoms with Crippen molar-refractivity contribution in [3.63, 3.8) is 0 Å². The molecule has 0 aliphatic heterocycles. The summed E-state index contributed by atoms with van der Waals surface area (Å²) in [5, 5.41) is 10.0. The highest BCUT2D eigenvalue weighted by Gasteiger charge is 2.34. The second kappa shape index (κ2) is 7.58. The Morgan fingerprint density at radius 3 is 2.64 bits per heavy atom. The van der Waals surface area contributed by atoms with Crippen LogP contribution >= 0.6 is 11.6 Å². The maximum absolute atomic E-state index is 13.1. The molecule has 0 radical (unpaired) electrons. The molecule has 12 heteroatoms. The summed E-state index contributed by atoms with van der Waals surface area (Å²) in [7, 11) is 0. The van der Waals surface area contributed by atoms with E-state index in [1.54, 1.807) is 0 Å². The Morgan fingerprint density at radius 1 is 1.25 bits per heavy atom. The molecule has 1 N–H and O–H groups in total. The largest absolute Gasteiger partial charge is 0.435 e. The zero-order valence-electron chi connectivity index (χ0n) is 14.3. The summed E-state index contributed by atoms with van der Waals surface area (Å²) in [4.78, 5) is 15.9. The molecule has 3 aromatic rings. The number of carbonyl (C=O) groups is 1. The summed E-state index contributed by atoms with van der Waals surface area (Å²) >= 11 is 5.95. The van der Waals surface area contributed by atoms with E-state index < -0.39 is 30.1 Å². The first kappa shape index (κ1) is 19.8. The van der Waals surface area contributed by atoms with Crippen molar-refractivity contribution in [2.24, 2.45) is 0 Å². The van der Waals surface area contributed by atoms with Gasteiger partial charge in [-0.3, -0.25) is 14.8 Å². The Hall–Kier alpha value is -2.95. The maximum Gasteiger partial charge on any atom is 0.435 e. The topological polar surface area (TPSA) is 77.6 Å². The molecule has 7 nitrogen and oxygen atoms in total. The minimum atomic E-state index is -4.59. The quantitative estimate of drug-likeness (QED) is 0.647. The lowest BCUT2D eigenvalue weighted by Crippen LogP contribution is -2.21. The second-order valence-electron chi connectivity index (χ2n) is 5.88. The molecule has 0 spiro atoms. The Kier molecular flexibility index (Phi) is 5.36. The third-order valence-electron chi connectivity index (χ3n) is 3.70. The highest BCUT2D eigenvalue weighted by Crippen LogP contribution is 2.28. The Balaban J connectivity index is 1.63. The molecular weight excluding hydrogens is 404 g/mol. The van der Waals surface area contributed by atoms with Crippen LogP contribution in [-0.4, -0.2) is 30.5 Å². The average Bonchev–Trinajstić information content (AvgIpc) is 3.17. The van der Waals surface area contributed by atoms with Gasteiger partial charge in [0.05, 0.1) is 6.54 Å². The Morgan fingerprint density at radius 2 is 2.00 bits per heavy atom. The van der Waals surface area contributed by atoms with Crippen LogP contribution in [0.1, 0.15) is 17.0 Å². The first-order valence-corrected chi connectivity index (χ1v) is 8.24. The van der Waals surface area contributed by atoms with Gasteiger partial charge in [-0.2, -0.15) is 18.3 Å². The van der Waals surface area contributed by atoms with E-state index in [2.05, 4.69) is 20.5 Å². The van der Waals surface area contributed by atoms with Crippen molar-refractivity contribution < 1.29 is 22.4 Å². The van der Waals surface area contributed by atoms with Crippen molar-refractivity contribution in [3.8, 4) is 0 Å². The monoisotopic (exact) mass is 416 g/mol. The van der Waals surface area contributed by atoms with Crippen LogP contribution in [0.3, 0.4) is 0 Å². The fourth-order valence-electron chi connectivity index (χ4n) is 2.36. The highest BCUT2D eigenvalue weighted by molar-refractivity contribution is 6.31. The molecule has 1 amide bonds. The summed E-state index contributed by atoms with van der Waals surface area (Å²) in [6, 6.07) is 4.77. The van der Waals surface area contributed by atoms with E-state index in [4.69, 9.17) is 11.6 Å². The molecule has 0 atom stereocenters. The van der Waals surface area contributed by atoms with Crippen molar-refractivity contribution in [2.45, 2.75) is 26.2 Å². The number of benzene rings is 1. The molecule has 0 aliphatic carbocycles. The van der Waals surface area contributed by atoms with E-state index in [0.717, 1.165) is 16.8 Å². The molecule has 2 heterocycles. The van der Waals surface area contributed by atoms with Crippen LogP contribution in [0.15, 0.2) is 30.6 Å². The molecule has 0 saturated heterocycles. The zero-order valence-corrected chi connectivity index (χ0v) is 15.1. The number of aromatic nitrogens is 5. The fraction of sp³-hybridized carbons (Fsp3) is 0.250. The van der Waals surface area contributed by atoms with Crippen molar-refractivity contribution in [1.82, 2.24) is 24.5 Å². The van der Waals surface area contributed by atoms with Gasteiger partial charge in [-0.05, 0) is 30.7 Å². The van der Waals surface area contributed by atoms with Crippen LogP contribution in [0.4, 0.5) is 23.5 Å². The summed E-state index contributed by atoms with van der Waals surface area (Å²) in [5.74, 6) is -1.15. The number of anilines is 1. The number of halogens is 5. The predicted octanol–water partition coefficient (Wildman–Crippen LogP) is 3.28. The summed E-state index contributed by atoms with van der Waals surface area (Å²) in [5.41, 5.74) is -0.291. The van der Waals surface area contributed by atoms with E-state index in [9.17, 15) is 22.4 Å². The number of hydrogen-bond acceptors (Lipinski definition) is 4. The number of rotatable bonds is 5. The molecule has 0 fully saturated rings. The number of alkyl halides is 3. The van der Waals surface area contributed by atoms with Crippen LogP contribution in [0.2, 0.25) is 5.02 Å². The molecule has 148 valence electrons. The summed E-state index contributed by atoms with van der Waals surface area (Å²) in [6.07, 6.45) is -3.26. The number of nitrogens with zero attached hydrogens (tertiary/aromatic N) is 5. The van der Waals surface area contributed by atoms with Gasteiger partial charge in [0, 0.05) is 10.7 Å². The number of nitrogens with one attached hydrogen (secondary N) is 1. The van der Waals surface area contributed by atoms with E-state index in [0.29, 0.717) is 5.56 Å². The predicted molar refractivity (Wildman–Crippen MR) is 91.1 cm³/mol. The average molecular weight is 417 g/mol. The number of amides is 1. The molecule has 0 unspecified atom stereocenters. The standard InChI is InChI=1S/C16H13ClF4N6O/c1-9-4-13(16(19,20)21)24-27(9)7-14(28)23-15-22-8-26(25-15)6-10-2-3-11(18)5-12(10)17/h2-5,8H,6-7H2,1H3,(H,23,25,28). The van der Waals surface area contributed by atoms with Crippen molar-refractivity contribution in [3.05, 3.63) is 58.4 Å². The van der Waals surface area contributed by atoms with Gasteiger partial charge in [0.15, 0.2) is 5.69 Å². The normalized spacial score (nSPS) is 11.6. The van der Waals surface area contributed by atoms with E-state index >= 15 is 0 Å². The highest BCUT2D eigenvalue weighted by atomic mass is 35.5. The number of hydrogen-bond donors (Lipinski definition) is 1. The van der Waals surface area contributed by atoms with Gasteiger partial charge in [0.2, 0.25) is 11.9 Å². The lowest BCUT2D eigenvalue weighted by Gasteiger charge is -2.05. The Bertz CT molecular complexity index is 1010. The second-order valence-corrected chi connectivity index (χ2v) is 6.28. The van der Waals surface area contributed by atoms with Crippen LogP contribution in [0, 0.1) is 12.7 Å². The van der Waals surface area contributed by atoms with Gasteiger partial charge in [0.1, 0.15) is 18.7 Å². The number of carbonyl (C=O) groups excluding carboxylic acids is 1. The molecule has 0 saturated carbocycles. The molecule has 28 heavy (non-hydrogen) atoms. The first-order valence-electron chi connectivity index (χ1n) is 7.86. The molecule has 1 aromatic carbocycles. The lowest BCUT2D eigenvalue weighted by atomic mass is 10.2. The van der Waals surface area contributed by atoms with Crippen LogP contribution in [0.25, 0.3) is 0 Å². The van der Waals surface area contributed by atoms with E-state index in [-0.39, 0.29) is 23.2 Å². The van der Waals surface area contributed by atoms with Crippen LogP contribution in [0.5, 0.6) is 0 Å². The summed E-state index contributed by atoms with van der Waals surface area (Å²) in [6.45, 7) is 1.17. The third kappa shape index (κ3) is 4.66. The van der Waals surface area contributed by atoms with Crippen LogP contribution < -0.4 is 5.32 Å². The maximum atomic E-state index is 13.1. The molecule has 3 rings (SSSR count). The molecule has 2 aromatic heterocycles. The van der Waals surface area contributed by atoms with Crippen molar-refractivity contribution in [1.29, 1.82) is 0 Å². The number of aryl methyl sites for hydroxylation is 1. The Labute approximate surface area is 160 Å². The van der Waals surface area contributed by atoms with Crippen LogP contribution in [-0.2, 0) is 24.1 Å². The van der Waals surface area contributed by atoms with Crippen molar-refractivity contribution in [2.75, 3.05) is 5.32 Å². The molecular formula is C16H13ClF4N6O. The van der Waals surface area contributed by atoms with E-state index in [1.807, 2.05) is 0 Å². The smallest absolute Gasteiger partial charge is 0.292 e. The van der Waals surface area contributed by atoms with E-state index in [1.165, 1.54) is 30.1 Å². The third-order valence-corrected chi connectivity index (χ3v) is 4.05. The van der Waals surface area contributed by atoms with Gasteiger partial charge in [-0.15, -0.1) is 5.10 Å². The lowest BCUT2D eigenvalue weighted by molar-refractivity contribution is -0.141. The minimum Gasteiger partial charge on any atom is -0.292 e. The van der Waals surface area contributed by atoms with Crippen molar-refractivity contribution >= 4 is 23.5 Å². The molecule has 0 bridgehead atoms. The van der Waals surface area contributed by atoms with Gasteiger partial charge >= 0.3 is 6.18 Å². The van der Waals surface area contributed by atoms with Gasteiger partial charge in [-0.25, -0.2) is 14.1 Å². The zero-order chi connectivity index (χ0) is 20.5. The SMILES string of the molecule is Cc1cc(C(F)(F)F)nn1CC(=O)Nc1ncn(Cc2ccc(F)cc2Cl)n1. The molecule has 0 aliphatic rings. The van der Waals surface area contributed by atoms with Gasteiger partial charge in [-0.1, -0.05) is 17.7 Å². The summed E-state index contributed by atoms with van der Waals surface area (Å²) < 4.78 is 53.4. The first-order chi connectivity index (χ1) is 13.1.